The lowest BCUT2D eigenvalue weighted by atomic mass is 9.90. The van der Waals surface area contributed by atoms with Gasteiger partial charge < -0.3 is 15.0 Å². The molecule has 2 aliphatic rings. The predicted molar refractivity (Wildman–Crippen MR) is 141 cm³/mol. The second-order valence-electron chi connectivity index (χ2n) is 9.03. The van der Waals surface area contributed by atoms with Crippen molar-refractivity contribution < 1.29 is 14.3 Å². The van der Waals surface area contributed by atoms with Crippen LogP contribution in [0.5, 0.6) is 0 Å². The van der Waals surface area contributed by atoms with Gasteiger partial charge in [0.15, 0.2) is 5.17 Å². The summed E-state index contributed by atoms with van der Waals surface area (Å²) in [5.41, 5.74) is 4.78. The molecule has 7 heteroatoms. The number of carbonyl (C=O) groups excluding carboxylic acids is 2. The minimum Gasteiger partial charge on any atom is -0.463 e. The lowest BCUT2D eigenvalue weighted by molar-refractivity contribution is -0.139. The monoisotopic (exact) mass is 489 g/mol. The molecule has 0 aliphatic carbocycles. The number of nitrogens with zero attached hydrogens (tertiary/aromatic N) is 2. The van der Waals surface area contributed by atoms with Crippen LogP contribution in [0.2, 0.25) is 0 Å². The summed E-state index contributed by atoms with van der Waals surface area (Å²) in [6, 6.07) is 17.4. The molecule has 1 N–H and O–H groups in total. The molecule has 2 aromatic carbocycles. The van der Waals surface area contributed by atoms with E-state index in [4.69, 9.17) is 9.73 Å². The van der Waals surface area contributed by atoms with Gasteiger partial charge in [0.1, 0.15) is 0 Å². The fraction of sp³-hybridized carbons (Fsp3) is 0.321. The van der Waals surface area contributed by atoms with Crippen molar-refractivity contribution in [2.75, 3.05) is 13.2 Å². The van der Waals surface area contributed by atoms with Gasteiger partial charge in [-0.05, 0) is 30.7 Å². The van der Waals surface area contributed by atoms with Crippen molar-refractivity contribution in [1.82, 2.24) is 10.2 Å². The summed E-state index contributed by atoms with van der Waals surface area (Å²) in [5.74, 6) is -0.0868. The number of aliphatic imine (C=N–C) groups is 1. The van der Waals surface area contributed by atoms with Gasteiger partial charge in [0.2, 0.25) is 5.91 Å². The number of esters is 1. The van der Waals surface area contributed by atoms with E-state index in [9.17, 15) is 9.59 Å². The lowest BCUT2D eigenvalue weighted by Gasteiger charge is -2.37. The summed E-state index contributed by atoms with van der Waals surface area (Å²) in [7, 11) is 0. The number of fused-ring (bicyclic) bond motifs is 1. The number of thioether (sulfide) groups is 1. The quantitative estimate of drug-likeness (QED) is 0.501. The van der Waals surface area contributed by atoms with E-state index in [1.165, 1.54) is 11.8 Å². The Bertz CT molecular complexity index is 1200. The predicted octanol–water partition coefficient (Wildman–Crippen LogP) is 5.43. The van der Waals surface area contributed by atoms with Crippen LogP contribution in [0.3, 0.4) is 0 Å². The molecule has 0 unspecified atom stereocenters. The number of ether oxygens (including phenoxy) is 1. The summed E-state index contributed by atoms with van der Waals surface area (Å²) >= 11 is 1.48. The zero-order valence-electron chi connectivity index (χ0n) is 20.6. The van der Waals surface area contributed by atoms with Crippen LogP contribution in [-0.2, 0) is 14.3 Å². The minimum atomic E-state index is -0.462. The molecule has 1 atom stereocenters. The number of carbonyl (C=O) groups is 2. The minimum absolute atomic E-state index is 0.0506. The number of hydrogen-bond donors (Lipinski definition) is 1. The summed E-state index contributed by atoms with van der Waals surface area (Å²) in [6.45, 7) is 8.84. The molecule has 0 aromatic heterocycles. The third-order valence-corrected chi connectivity index (χ3v) is 6.65. The number of rotatable bonds is 8. The molecule has 2 aromatic rings. The zero-order chi connectivity index (χ0) is 24.9. The van der Waals surface area contributed by atoms with E-state index in [-0.39, 0.29) is 18.9 Å². The van der Waals surface area contributed by atoms with E-state index in [1.54, 1.807) is 6.92 Å². The maximum atomic E-state index is 13.5. The van der Waals surface area contributed by atoms with E-state index in [0.29, 0.717) is 23.7 Å². The average molecular weight is 490 g/mol. The number of aryl methyl sites for hydroxylation is 1. The molecule has 35 heavy (non-hydrogen) atoms. The topological polar surface area (TPSA) is 71.0 Å². The molecule has 0 saturated carbocycles. The molecule has 0 fully saturated rings. The Morgan fingerprint density at radius 2 is 1.91 bits per heavy atom. The van der Waals surface area contributed by atoms with Crippen LogP contribution >= 0.6 is 11.8 Å². The molecular weight excluding hydrogens is 458 g/mol. The molecule has 4 rings (SSSR count). The van der Waals surface area contributed by atoms with Crippen molar-refractivity contribution in [1.29, 1.82) is 0 Å². The van der Waals surface area contributed by atoms with Crippen LogP contribution < -0.4 is 5.32 Å². The molecule has 0 spiro atoms. The number of benzene rings is 2. The van der Waals surface area contributed by atoms with Crippen LogP contribution in [0.25, 0.3) is 5.70 Å². The Morgan fingerprint density at radius 1 is 1.14 bits per heavy atom. The van der Waals surface area contributed by atoms with Crippen molar-refractivity contribution in [2.45, 2.75) is 40.2 Å². The third kappa shape index (κ3) is 5.51. The van der Waals surface area contributed by atoms with Crippen molar-refractivity contribution in [3.63, 3.8) is 0 Å². The average Bonchev–Trinajstić information content (AvgIpc) is 3.24. The van der Waals surface area contributed by atoms with Gasteiger partial charge in [-0.1, -0.05) is 85.8 Å². The second kappa shape index (κ2) is 11.0. The summed E-state index contributed by atoms with van der Waals surface area (Å²) < 4.78 is 5.55. The maximum absolute atomic E-state index is 13.5. The number of nitrogens with one attached hydrogen (secondary N) is 1. The normalized spacial score (nSPS) is 17.2. The Labute approximate surface area is 211 Å². The van der Waals surface area contributed by atoms with Gasteiger partial charge >= 0.3 is 5.97 Å². The zero-order valence-corrected chi connectivity index (χ0v) is 21.4. The maximum Gasteiger partial charge on any atom is 0.338 e. The summed E-state index contributed by atoms with van der Waals surface area (Å²) in [5, 5.41) is 5.71. The van der Waals surface area contributed by atoms with Crippen LogP contribution in [0.15, 0.2) is 76.3 Å². The first-order valence-corrected chi connectivity index (χ1v) is 12.8. The van der Waals surface area contributed by atoms with Gasteiger partial charge in [0.25, 0.3) is 0 Å². The fourth-order valence-electron chi connectivity index (χ4n) is 4.19. The summed E-state index contributed by atoms with van der Waals surface area (Å²) in [4.78, 5) is 33.2. The molecule has 0 bridgehead atoms. The molecule has 0 saturated heterocycles. The number of amides is 1. The van der Waals surface area contributed by atoms with Gasteiger partial charge in [0.05, 0.1) is 30.3 Å². The van der Waals surface area contributed by atoms with Gasteiger partial charge in [-0.25, -0.2) is 9.79 Å². The highest BCUT2D eigenvalue weighted by Crippen LogP contribution is 2.47. The largest absolute Gasteiger partial charge is 0.463 e. The van der Waals surface area contributed by atoms with E-state index in [1.807, 2.05) is 65.8 Å². The smallest absolute Gasteiger partial charge is 0.338 e. The first kappa shape index (κ1) is 24.8. The van der Waals surface area contributed by atoms with Crippen molar-refractivity contribution in [2.24, 2.45) is 10.9 Å². The highest BCUT2D eigenvalue weighted by molar-refractivity contribution is 8.16. The Hall–Kier alpha value is -3.32. The van der Waals surface area contributed by atoms with Crippen molar-refractivity contribution >= 4 is 34.5 Å². The highest BCUT2D eigenvalue weighted by atomic mass is 32.2. The molecular formula is C28H31N3O3S. The van der Waals surface area contributed by atoms with E-state index in [2.05, 4.69) is 25.2 Å². The molecule has 182 valence electrons. The van der Waals surface area contributed by atoms with Gasteiger partial charge in [0, 0.05) is 17.8 Å². The molecule has 0 radical (unpaired) electrons. The van der Waals surface area contributed by atoms with Crippen LogP contribution in [0, 0.1) is 12.8 Å². The van der Waals surface area contributed by atoms with Crippen LogP contribution in [0.4, 0.5) is 0 Å². The van der Waals surface area contributed by atoms with Crippen molar-refractivity contribution in [3.8, 4) is 0 Å². The van der Waals surface area contributed by atoms with Gasteiger partial charge in [-0.2, -0.15) is 0 Å². The second-order valence-corrected chi connectivity index (χ2v) is 9.87. The molecule has 2 aliphatic heterocycles. The van der Waals surface area contributed by atoms with Gasteiger partial charge in [-0.15, -0.1) is 0 Å². The van der Waals surface area contributed by atoms with Crippen molar-refractivity contribution in [3.05, 3.63) is 88.0 Å². The van der Waals surface area contributed by atoms with E-state index in [0.717, 1.165) is 27.6 Å². The number of amidine groups is 1. The highest BCUT2D eigenvalue weighted by Gasteiger charge is 2.42. The van der Waals surface area contributed by atoms with E-state index >= 15 is 0 Å². The Morgan fingerprint density at radius 3 is 2.60 bits per heavy atom. The van der Waals surface area contributed by atoms with Crippen LogP contribution in [0.1, 0.15) is 49.9 Å². The lowest BCUT2D eigenvalue weighted by Crippen LogP contribution is -2.38. The van der Waals surface area contributed by atoms with Gasteiger partial charge in [-0.3, -0.25) is 4.79 Å². The first-order valence-electron chi connectivity index (χ1n) is 11.9. The Balaban J connectivity index is 1.83. The SMILES string of the molecule is CCOC(=O)C1=C(c2ccccc2)N=C2SC=C(CC(=O)NCC(C)C)N2[C@H]1c1cccc(C)c1. The third-order valence-electron chi connectivity index (χ3n) is 5.76. The van der Waals surface area contributed by atoms with Crippen LogP contribution in [-0.4, -0.2) is 35.1 Å². The summed E-state index contributed by atoms with van der Waals surface area (Å²) in [6.07, 6.45) is 0.206. The molecule has 2 heterocycles. The molecule has 6 nitrogen and oxygen atoms in total. The Kier molecular flexibility index (Phi) is 7.76. The number of hydrogen-bond acceptors (Lipinski definition) is 6. The standard InChI is InChI=1S/C28H31N3O3S/c1-5-34-27(33)24-25(20-11-7-6-8-12-20)30-28-31(26(24)21-13-9-10-19(4)14-21)22(17-35-28)15-23(32)29-16-18(2)3/h6-14,17-18,26H,5,15-16H2,1-4H3,(H,29,32)/t26-/m0/s1. The fourth-order valence-corrected chi connectivity index (χ4v) is 5.11. The van der Waals surface area contributed by atoms with E-state index < -0.39 is 12.0 Å². The molecule has 1 amide bonds. The first-order chi connectivity index (χ1) is 16.9.